The Morgan fingerprint density at radius 1 is 1.00 bits per heavy atom. The van der Waals surface area contributed by atoms with Crippen LogP contribution in [0.2, 0.25) is 0 Å². The molecule has 5 rings (SSSR count). The van der Waals surface area contributed by atoms with E-state index in [9.17, 15) is 5.11 Å². The van der Waals surface area contributed by atoms with Crippen molar-refractivity contribution in [2.24, 2.45) is 0 Å². The molecule has 1 atom stereocenters. The Morgan fingerprint density at radius 2 is 1.83 bits per heavy atom. The van der Waals surface area contributed by atoms with Crippen LogP contribution in [0.5, 0.6) is 5.75 Å². The molecule has 29 heavy (non-hydrogen) atoms. The zero-order valence-electron chi connectivity index (χ0n) is 16.7. The molecule has 8 heteroatoms. The van der Waals surface area contributed by atoms with Crippen LogP contribution in [0.4, 0.5) is 11.5 Å². The zero-order valence-corrected chi connectivity index (χ0v) is 16.7. The highest BCUT2D eigenvalue weighted by atomic mass is 16.3. The molecule has 3 aliphatic heterocycles. The minimum atomic E-state index is 0.236. The maximum absolute atomic E-state index is 10.2. The van der Waals surface area contributed by atoms with Gasteiger partial charge in [-0.05, 0) is 18.2 Å². The third-order valence-electron chi connectivity index (χ3n) is 6.28. The highest BCUT2D eigenvalue weighted by Crippen LogP contribution is 2.35. The lowest BCUT2D eigenvalue weighted by atomic mass is 10.1. The maximum Gasteiger partial charge on any atom is 0.172 e. The predicted octanol–water partition coefficient (Wildman–Crippen LogP) is 0.671. The van der Waals surface area contributed by atoms with Crippen molar-refractivity contribution in [2.75, 3.05) is 75.7 Å². The first kappa shape index (κ1) is 18.6. The molecule has 154 valence electrons. The van der Waals surface area contributed by atoms with Crippen molar-refractivity contribution < 1.29 is 5.11 Å². The normalized spacial score (nSPS) is 22.6. The Balaban J connectivity index is 1.28. The number of anilines is 2. The number of phenols is 1. The number of aromatic nitrogens is 2. The molecule has 0 unspecified atom stereocenters. The van der Waals surface area contributed by atoms with Crippen molar-refractivity contribution in [1.82, 2.24) is 25.3 Å². The summed E-state index contributed by atoms with van der Waals surface area (Å²) in [5.41, 5.74) is 2.53. The lowest BCUT2D eigenvalue weighted by Crippen LogP contribution is -2.59. The number of nitrogens with zero attached hydrogens (tertiary/aromatic N) is 5. The van der Waals surface area contributed by atoms with Crippen LogP contribution in [0.1, 0.15) is 0 Å². The third-order valence-corrected chi connectivity index (χ3v) is 6.28. The molecule has 4 heterocycles. The van der Waals surface area contributed by atoms with E-state index in [1.807, 2.05) is 18.2 Å². The summed E-state index contributed by atoms with van der Waals surface area (Å²) in [6, 6.07) is 9.80. The number of aromatic hydroxyl groups is 1. The van der Waals surface area contributed by atoms with Gasteiger partial charge in [-0.2, -0.15) is 0 Å². The molecule has 0 saturated carbocycles. The molecule has 2 fully saturated rings. The van der Waals surface area contributed by atoms with Gasteiger partial charge in [0.2, 0.25) is 0 Å². The van der Waals surface area contributed by atoms with Gasteiger partial charge in [-0.3, -0.25) is 9.80 Å². The van der Waals surface area contributed by atoms with E-state index < -0.39 is 0 Å². The molecule has 3 N–H and O–H groups in total. The molecule has 0 bridgehead atoms. The van der Waals surface area contributed by atoms with Crippen LogP contribution in [-0.2, 0) is 0 Å². The molecular formula is C21H29N7O. The van der Waals surface area contributed by atoms with Crippen LogP contribution >= 0.6 is 0 Å². The van der Waals surface area contributed by atoms with Gasteiger partial charge in [0.05, 0.1) is 17.4 Å². The zero-order chi connectivity index (χ0) is 19.6. The molecule has 1 aromatic heterocycles. The second-order valence-corrected chi connectivity index (χ2v) is 8.10. The van der Waals surface area contributed by atoms with Gasteiger partial charge in [-0.15, -0.1) is 10.2 Å². The number of hydrogen-bond donors (Lipinski definition) is 3. The quantitative estimate of drug-likeness (QED) is 0.697. The molecule has 2 saturated heterocycles. The largest absolute Gasteiger partial charge is 0.507 e. The Bertz CT molecular complexity index is 855. The number of nitrogens with one attached hydrogen (secondary N) is 2. The minimum Gasteiger partial charge on any atom is -0.507 e. The van der Waals surface area contributed by atoms with Gasteiger partial charge in [-0.1, -0.05) is 12.1 Å². The van der Waals surface area contributed by atoms with E-state index in [2.05, 4.69) is 41.6 Å². The van der Waals surface area contributed by atoms with Gasteiger partial charge in [0.1, 0.15) is 5.75 Å². The monoisotopic (exact) mass is 395 g/mol. The molecule has 0 amide bonds. The van der Waals surface area contributed by atoms with E-state index in [1.165, 1.54) is 0 Å². The first-order valence-electron chi connectivity index (χ1n) is 10.6. The SMILES string of the molecule is Oc1ccccc1-c1cc2c(nn1)NC[C@H]1CN(CCN3CCNCC3)CCN21. The first-order chi connectivity index (χ1) is 14.3. The summed E-state index contributed by atoms with van der Waals surface area (Å²) in [6.07, 6.45) is 0. The van der Waals surface area contributed by atoms with Crippen molar-refractivity contribution in [3.63, 3.8) is 0 Å². The fraction of sp³-hybridized carbons (Fsp3) is 0.524. The number of hydrogen-bond acceptors (Lipinski definition) is 8. The van der Waals surface area contributed by atoms with Gasteiger partial charge < -0.3 is 20.6 Å². The van der Waals surface area contributed by atoms with Gasteiger partial charge in [-0.25, -0.2) is 0 Å². The van der Waals surface area contributed by atoms with E-state index >= 15 is 0 Å². The summed E-state index contributed by atoms with van der Waals surface area (Å²) in [6.45, 7) is 10.8. The standard InChI is InChI=1S/C21H29N7O/c29-20-4-2-1-3-17(20)18-13-19-21(25-24-18)23-14-16-15-27(11-12-28(16)19)10-9-26-7-5-22-6-8-26/h1-4,13,16,22,29H,5-12,14-15H2,(H,23,25)/t16-/m0/s1. The lowest BCUT2D eigenvalue weighted by molar-refractivity contribution is 0.170. The number of piperazine rings is 2. The number of fused-ring (bicyclic) bond motifs is 3. The van der Waals surface area contributed by atoms with Gasteiger partial charge in [0.25, 0.3) is 0 Å². The van der Waals surface area contributed by atoms with Crippen molar-refractivity contribution in [3.05, 3.63) is 30.3 Å². The van der Waals surface area contributed by atoms with Gasteiger partial charge in [0, 0.05) is 71.0 Å². The second kappa shape index (κ2) is 8.14. The van der Waals surface area contributed by atoms with Crippen LogP contribution in [0.15, 0.2) is 30.3 Å². The van der Waals surface area contributed by atoms with Crippen LogP contribution in [-0.4, -0.2) is 96.6 Å². The van der Waals surface area contributed by atoms with Crippen molar-refractivity contribution >= 4 is 11.5 Å². The molecule has 0 spiro atoms. The molecule has 1 aromatic carbocycles. The highest BCUT2D eigenvalue weighted by molar-refractivity contribution is 5.76. The van der Waals surface area contributed by atoms with Crippen molar-refractivity contribution in [2.45, 2.75) is 6.04 Å². The van der Waals surface area contributed by atoms with Gasteiger partial charge in [0.15, 0.2) is 5.82 Å². The fourth-order valence-corrected chi connectivity index (χ4v) is 4.60. The van der Waals surface area contributed by atoms with Crippen molar-refractivity contribution in [3.8, 4) is 17.0 Å². The molecule has 0 radical (unpaired) electrons. The number of phenolic OH excluding ortho intramolecular Hbond substituents is 1. The molecule has 8 nitrogen and oxygen atoms in total. The summed E-state index contributed by atoms with van der Waals surface area (Å²) < 4.78 is 0. The number of para-hydroxylation sites is 1. The van der Waals surface area contributed by atoms with Gasteiger partial charge >= 0.3 is 0 Å². The first-order valence-corrected chi connectivity index (χ1v) is 10.6. The van der Waals surface area contributed by atoms with E-state index in [4.69, 9.17) is 0 Å². The average Bonchev–Trinajstić information content (AvgIpc) is 2.78. The third kappa shape index (κ3) is 3.88. The van der Waals surface area contributed by atoms with Crippen LogP contribution in [0, 0.1) is 0 Å². The summed E-state index contributed by atoms with van der Waals surface area (Å²) in [5.74, 6) is 1.08. The Kier molecular flexibility index (Phi) is 5.22. The van der Waals surface area contributed by atoms with Crippen LogP contribution < -0.4 is 15.5 Å². The summed E-state index contributed by atoms with van der Waals surface area (Å²) in [4.78, 5) is 7.62. The fourth-order valence-electron chi connectivity index (χ4n) is 4.60. The summed E-state index contributed by atoms with van der Waals surface area (Å²) >= 11 is 0. The Morgan fingerprint density at radius 3 is 2.69 bits per heavy atom. The Labute approximate surface area is 171 Å². The lowest BCUT2D eigenvalue weighted by Gasteiger charge is -2.46. The molecule has 3 aliphatic rings. The topological polar surface area (TPSA) is 79.8 Å². The molecule has 0 aliphatic carbocycles. The highest BCUT2D eigenvalue weighted by Gasteiger charge is 2.33. The van der Waals surface area contributed by atoms with Crippen LogP contribution in [0.25, 0.3) is 11.3 Å². The van der Waals surface area contributed by atoms with E-state index in [0.29, 0.717) is 11.7 Å². The second-order valence-electron chi connectivity index (χ2n) is 8.10. The van der Waals surface area contributed by atoms with Crippen molar-refractivity contribution in [1.29, 1.82) is 0 Å². The molecular weight excluding hydrogens is 366 g/mol. The molecule has 2 aromatic rings. The number of benzene rings is 1. The summed E-state index contributed by atoms with van der Waals surface area (Å²) in [7, 11) is 0. The Hall–Kier alpha value is -2.42. The maximum atomic E-state index is 10.2. The van der Waals surface area contributed by atoms with E-state index in [1.54, 1.807) is 6.07 Å². The summed E-state index contributed by atoms with van der Waals surface area (Å²) in [5, 5.41) is 25.8. The predicted molar refractivity (Wildman–Crippen MR) is 115 cm³/mol. The van der Waals surface area contributed by atoms with Crippen LogP contribution in [0.3, 0.4) is 0 Å². The average molecular weight is 396 g/mol. The van der Waals surface area contributed by atoms with E-state index in [0.717, 1.165) is 82.5 Å². The van der Waals surface area contributed by atoms with E-state index in [-0.39, 0.29) is 5.75 Å². The number of rotatable bonds is 4. The minimum absolute atomic E-state index is 0.236. The smallest absolute Gasteiger partial charge is 0.172 e.